The Bertz CT molecular complexity index is 837. The number of aromatic nitrogens is 1. The highest BCUT2D eigenvalue weighted by Gasteiger charge is 2.22. The first-order valence-electron chi connectivity index (χ1n) is 8.73. The molecule has 0 saturated carbocycles. The van der Waals surface area contributed by atoms with Gasteiger partial charge in [-0.15, -0.1) is 6.58 Å². The molecule has 138 valence electrons. The van der Waals surface area contributed by atoms with E-state index in [1.54, 1.807) is 19.9 Å². The third-order valence-corrected chi connectivity index (χ3v) is 4.68. The number of halogens is 2. The van der Waals surface area contributed by atoms with Crippen LogP contribution in [-0.2, 0) is 19.3 Å². The van der Waals surface area contributed by atoms with Gasteiger partial charge in [-0.2, -0.15) is 0 Å². The van der Waals surface area contributed by atoms with E-state index in [1.165, 1.54) is 0 Å². The number of rotatable bonds is 6. The van der Waals surface area contributed by atoms with E-state index in [-0.39, 0.29) is 5.56 Å². The van der Waals surface area contributed by atoms with Gasteiger partial charge in [0.2, 0.25) is 0 Å². The molecule has 0 radical (unpaired) electrons. The van der Waals surface area contributed by atoms with Gasteiger partial charge in [0.25, 0.3) is 5.91 Å². The van der Waals surface area contributed by atoms with Gasteiger partial charge >= 0.3 is 0 Å². The van der Waals surface area contributed by atoms with Gasteiger partial charge in [0.1, 0.15) is 5.82 Å². The molecule has 1 amide bonds. The Hall–Kier alpha value is -2.20. The summed E-state index contributed by atoms with van der Waals surface area (Å²) in [7, 11) is 0. The fourth-order valence-electron chi connectivity index (χ4n) is 3.11. The third-order valence-electron chi connectivity index (χ3n) is 4.46. The third kappa shape index (κ3) is 3.96. The van der Waals surface area contributed by atoms with Crippen molar-refractivity contribution in [1.82, 2.24) is 4.98 Å². The molecule has 0 aliphatic heterocycles. The highest BCUT2D eigenvalue weighted by atomic mass is 35.5. The lowest BCUT2D eigenvalue weighted by atomic mass is 10.0. The van der Waals surface area contributed by atoms with Gasteiger partial charge in [0, 0.05) is 22.0 Å². The minimum absolute atomic E-state index is 0.0218. The van der Waals surface area contributed by atoms with E-state index >= 15 is 0 Å². The number of hydrogen-bond donors (Lipinski definition) is 1. The second-order valence-electron chi connectivity index (χ2n) is 6.20. The average molecular weight is 375 g/mol. The van der Waals surface area contributed by atoms with Crippen LogP contribution in [0, 0.1) is 19.7 Å². The molecule has 1 aromatic carbocycles. The molecule has 3 nitrogen and oxygen atoms in total. The highest BCUT2D eigenvalue weighted by molar-refractivity contribution is 6.30. The number of amides is 1. The Morgan fingerprint density at radius 3 is 2.31 bits per heavy atom. The highest BCUT2D eigenvalue weighted by Crippen LogP contribution is 2.29. The standard InChI is InChI=1S/C21H24ClFN2O/c1-6-9-17-12(4)24-13(5)18(19(17)23)21(26)25-20-14(7-2)10-16(22)11-15(20)8-3/h6,10-11H,1,7-9H2,2-5H3,(H,25,26). The molecular formula is C21H24ClFN2O. The Balaban J connectivity index is 2.52. The van der Waals surface area contributed by atoms with Crippen molar-refractivity contribution in [3.63, 3.8) is 0 Å². The number of pyridine rings is 1. The van der Waals surface area contributed by atoms with Crippen LogP contribution in [-0.4, -0.2) is 10.9 Å². The number of anilines is 1. The summed E-state index contributed by atoms with van der Waals surface area (Å²) < 4.78 is 15.0. The van der Waals surface area contributed by atoms with E-state index in [9.17, 15) is 9.18 Å². The maximum atomic E-state index is 15.0. The Labute approximate surface area is 159 Å². The number of aryl methyl sites for hydroxylation is 4. The zero-order chi connectivity index (χ0) is 19.4. The van der Waals surface area contributed by atoms with Gasteiger partial charge < -0.3 is 5.32 Å². The quantitative estimate of drug-likeness (QED) is 0.669. The molecular weight excluding hydrogens is 351 g/mol. The van der Waals surface area contributed by atoms with Crippen LogP contribution >= 0.6 is 11.6 Å². The number of carbonyl (C=O) groups is 1. The van der Waals surface area contributed by atoms with E-state index in [2.05, 4.69) is 16.9 Å². The summed E-state index contributed by atoms with van der Waals surface area (Å²) in [6.45, 7) is 11.0. The smallest absolute Gasteiger partial charge is 0.260 e. The van der Waals surface area contributed by atoms with Crippen LogP contribution in [0.25, 0.3) is 0 Å². The van der Waals surface area contributed by atoms with Crippen molar-refractivity contribution in [3.8, 4) is 0 Å². The van der Waals surface area contributed by atoms with Crippen LogP contribution < -0.4 is 5.32 Å². The zero-order valence-corrected chi connectivity index (χ0v) is 16.4. The molecule has 0 spiro atoms. The minimum Gasteiger partial charge on any atom is -0.321 e. The first-order valence-corrected chi connectivity index (χ1v) is 9.10. The Morgan fingerprint density at radius 2 is 1.81 bits per heavy atom. The topological polar surface area (TPSA) is 42.0 Å². The monoisotopic (exact) mass is 374 g/mol. The van der Waals surface area contributed by atoms with E-state index < -0.39 is 11.7 Å². The van der Waals surface area contributed by atoms with Gasteiger partial charge in [-0.05, 0) is 56.4 Å². The summed E-state index contributed by atoms with van der Waals surface area (Å²) in [4.78, 5) is 17.2. The summed E-state index contributed by atoms with van der Waals surface area (Å²) in [5, 5.41) is 3.52. The van der Waals surface area contributed by atoms with Gasteiger partial charge in [-0.25, -0.2) is 4.39 Å². The molecule has 26 heavy (non-hydrogen) atoms. The molecule has 0 unspecified atom stereocenters. The zero-order valence-electron chi connectivity index (χ0n) is 15.7. The maximum absolute atomic E-state index is 15.0. The Kier molecular flexibility index (Phi) is 6.54. The maximum Gasteiger partial charge on any atom is 0.260 e. The van der Waals surface area contributed by atoms with Gasteiger partial charge in [0.15, 0.2) is 0 Å². The number of nitrogens with zero attached hydrogens (tertiary/aromatic N) is 1. The summed E-state index contributed by atoms with van der Waals surface area (Å²) in [5.41, 5.74) is 3.87. The first kappa shape index (κ1) is 20.1. The van der Waals surface area contributed by atoms with E-state index in [0.29, 0.717) is 46.9 Å². The van der Waals surface area contributed by atoms with Crippen LogP contribution in [0.4, 0.5) is 10.1 Å². The van der Waals surface area contributed by atoms with E-state index in [4.69, 9.17) is 11.6 Å². The summed E-state index contributed by atoms with van der Waals surface area (Å²) in [6.07, 6.45) is 3.34. The lowest BCUT2D eigenvalue weighted by Crippen LogP contribution is -2.20. The van der Waals surface area contributed by atoms with Crippen molar-refractivity contribution in [1.29, 1.82) is 0 Å². The molecule has 0 fully saturated rings. The second kappa shape index (κ2) is 8.45. The SMILES string of the molecule is C=CCc1c(C)nc(C)c(C(=O)Nc2c(CC)cc(Cl)cc2CC)c1F. The minimum atomic E-state index is -0.530. The van der Waals surface area contributed by atoms with Crippen LogP contribution in [0.15, 0.2) is 24.8 Å². The molecule has 1 N–H and O–H groups in total. The van der Waals surface area contributed by atoms with Crippen molar-refractivity contribution in [2.45, 2.75) is 47.0 Å². The summed E-state index contributed by atoms with van der Waals surface area (Å²) >= 11 is 6.16. The van der Waals surface area contributed by atoms with Gasteiger partial charge in [-0.3, -0.25) is 9.78 Å². The van der Waals surface area contributed by atoms with Crippen molar-refractivity contribution in [2.24, 2.45) is 0 Å². The van der Waals surface area contributed by atoms with E-state index in [1.807, 2.05) is 26.0 Å². The molecule has 0 bridgehead atoms. The number of allylic oxidation sites excluding steroid dienone is 1. The molecule has 0 saturated heterocycles. The van der Waals surface area contributed by atoms with Gasteiger partial charge in [0.05, 0.1) is 11.3 Å². The summed E-state index contributed by atoms with van der Waals surface area (Å²) in [5.74, 6) is -1.03. The number of carbonyl (C=O) groups excluding carboxylic acids is 1. The van der Waals surface area contributed by atoms with Crippen molar-refractivity contribution < 1.29 is 9.18 Å². The predicted octanol–water partition coefficient (Wildman–Crippen LogP) is 5.60. The largest absolute Gasteiger partial charge is 0.321 e. The van der Waals surface area contributed by atoms with Gasteiger partial charge in [-0.1, -0.05) is 31.5 Å². The number of nitrogens with one attached hydrogen (secondary N) is 1. The van der Waals surface area contributed by atoms with Crippen LogP contribution in [0.3, 0.4) is 0 Å². The molecule has 0 atom stereocenters. The number of hydrogen-bond acceptors (Lipinski definition) is 2. The molecule has 1 aromatic heterocycles. The molecule has 2 rings (SSSR count). The van der Waals surface area contributed by atoms with Crippen LogP contribution in [0.1, 0.15) is 52.3 Å². The second-order valence-corrected chi connectivity index (χ2v) is 6.64. The van der Waals surface area contributed by atoms with Crippen molar-refractivity contribution in [3.05, 3.63) is 69.3 Å². The van der Waals surface area contributed by atoms with E-state index in [0.717, 1.165) is 11.1 Å². The van der Waals surface area contributed by atoms with Crippen LogP contribution in [0.5, 0.6) is 0 Å². The fraction of sp³-hybridized carbons (Fsp3) is 0.333. The summed E-state index contributed by atoms with van der Waals surface area (Å²) in [6, 6.07) is 3.66. The molecule has 0 aliphatic rings. The Morgan fingerprint density at radius 1 is 1.23 bits per heavy atom. The molecule has 1 heterocycles. The normalized spacial score (nSPS) is 10.7. The number of benzene rings is 1. The molecule has 0 aliphatic carbocycles. The fourth-order valence-corrected chi connectivity index (χ4v) is 3.37. The predicted molar refractivity (Wildman–Crippen MR) is 106 cm³/mol. The first-order chi connectivity index (χ1) is 12.3. The lowest BCUT2D eigenvalue weighted by Gasteiger charge is -2.17. The lowest BCUT2D eigenvalue weighted by molar-refractivity contribution is 0.102. The van der Waals surface area contributed by atoms with Crippen molar-refractivity contribution in [2.75, 3.05) is 5.32 Å². The van der Waals surface area contributed by atoms with Crippen molar-refractivity contribution >= 4 is 23.2 Å². The average Bonchev–Trinajstić information content (AvgIpc) is 2.59. The molecule has 2 aromatic rings. The molecule has 5 heteroatoms. The van der Waals surface area contributed by atoms with Crippen LogP contribution in [0.2, 0.25) is 5.02 Å².